The Labute approximate surface area is 68.4 Å². The molecule has 1 aliphatic rings. The molecule has 64 valence electrons. The molecular weight excluding hydrogens is 138 g/mol. The van der Waals surface area contributed by atoms with Gasteiger partial charge in [0, 0.05) is 6.42 Å². The van der Waals surface area contributed by atoms with Crippen LogP contribution in [0.2, 0.25) is 0 Å². The van der Waals surface area contributed by atoms with Gasteiger partial charge in [-0.25, -0.2) is 0 Å². The monoisotopic (exact) mass is 155 g/mol. The van der Waals surface area contributed by atoms with Crippen molar-refractivity contribution in [3.63, 3.8) is 0 Å². The fraction of sp³-hybridized carbons (Fsp3) is 0.889. The second-order valence-corrected chi connectivity index (χ2v) is 3.45. The van der Waals surface area contributed by atoms with E-state index in [9.17, 15) is 4.79 Å². The number of carbonyl (C=O) groups excluding carboxylic acids is 1. The van der Waals surface area contributed by atoms with Crippen LogP contribution in [-0.2, 0) is 4.79 Å². The van der Waals surface area contributed by atoms with Gasteiger partial charge in [-0.2, -0.15) is 0 Å². The third kappa shape index (κ3) is 3.51. The number of ketones is 1. The first-order valence-electron chi connectivity index (χ1n) is 4.49. The average Bonchev–Trinajstić information content (AvgIpc) is 2.39. The minimum atomic E-state index is 0.330. The van der Waals surface area contributed by atoms with Crippen molar-refractivity contribution in [2.45, 2.75) is 32.6 Å². The van der Waals surface area contributed by atoms with E-state index in [1.165, 1.54) is 19.4 Å². The van der Waals surface area contributed by atoms with Gasteiger partial charge in [0.05, 0.1) is 0 Å². The first-order valence-corrected chi connectivity index (χ1v) is 4.49. The maximum atomic E-state index is 10.6. The highest BCUT2D eigenvalue weighted by Gasteiger charge is 2.13. The Bertz CT molecular complexity index is 128. The largest absolute Gasteiger partial charge is 0.316 e. The number of nitrogens with one attached hydrogen (secondary N) is 1. The first kappa shape index (κ1) is 8.72. The lowest BCUT2D eigenvalue weighted by Gasteiger charge is -2.05. The van der Waals surface area contributed by atoms with Gasteiger partial charge >= 0.3 is 0 Å². The van der Waals surface area contributed by atoms with Crippen LogP contribution in [0.1, 0.15) is 32.6 Å². The molecule has 1 atom stereocenters. The van der Waals surface area contributed by atoms with E-state index in [0.29, 0.717) is 5.78 Å². The minimum absolute atomic E-state index is 0.330. The number of carbonyl (C=O) groups is 1. The SMILES string of the molecule is CC(=O)CCCC1CCNC1. The van der Waals surface area contributed by atoms with Crippen LogP contribution in [-0.4, -0.2) is 18.9 Å². The third-order valence-corrected chi connectivity index (χ3v) is 2.30. The molecule has 0 aliphatic carbocycles. The molecule has 0 aromatic rings. The molecule has 1 unspecified atom stereocenters. The molecule has 0 saturated carbocycles. The van der Waals surface area contributed by atoms with Crippen molar-refractivity contribution in [1.82, 2.24) is 5.32 Å². The Balaban J connectivity index is 1.98. The predicted molar refractivity (Wildman–Crippen MR) is 45.5 cm³/mol. The van der Waals surface area contributed by atoms with Gasteiger partial charge in [-0.15, -0.1) is 0 Å². The standard InChI is InChI=1S/C9H17NO/c1-8(11)3-2-4-9-5-6-10-7-9/h9-10H,2-7H2,1H3. The van der Waals surface area contributed by atoms with Crippen molar-refractivity contribution in [2.24, 2.45) is 5.92 Å². The maximum absolute atomic E-state index is 10.6. The summed E-state index contributed by atoms with van der Waals surface area (Å²) in [5.74, 6) is 1.17. The summed E-state index contributed by atoms with van der Waals surface area (Å²) in [6.07, 6.45) is 4.39. The van der Waals surface area contributed by atoms with Crippen molar-refractivity contribution in [2.75, 3.05) is 13.1 Å². The summed E-state index contributed by atoms with van der Waals surface area (Å²) in [6, 6.07) is 0. The van der Waals surface area contributed by atoms with Gasteiger partial charge in [-0.1, -0.05) is 0 Å². The minimum Gasteiger partial charge on any atom is -0.316 e. The van der Waals surface area contributed by atoms with Gasteiger partial charge in [-0.3, -0.25) is 0 Å². The summed E-state index contributed by atoms with van der Waals surface area (Å²) in [5, 5.41) is 3.33. The smallest absolute Gasteiger partial charge is 0.129 e. The Morgan fingerprint density at radius 1 is 1.64 bits per heavy atom. The normalized spacial score (nSPS) is 23.9. The molecule has 1 fully saturated rings. The van der Waals surface area contributed by atoms with Crippen molar-refractivity contribution >= 4 is 5.78 Å². The molecule has 0 aromatic carbocycles. The van der Waals surface area contributed by atoms with Crippen LogP contribution < -0.4 is 5.32 Å². The highest BCUT2D eigenvalue weighted by atomic mass is 16.1. The van der Waals surface area contributed by atoms with Crippen molar-refractivity contribution < 1.29 is 4.79 Å². The van der Waals surface area contributed by atoms with Gasteiger partial charge < -0.3 is 10.1 Å². The third-order valence-electron chi connectivity index (χ3n) is 2.30. The molecule has 1 rings (SSSR count). The molecule has 1 saturated heterocycles. The van der Waals surface area contributed by atoms with Crippen LogP contribution in [0, 0.1) is 5.92 Å². The first-order chi connectivity index (χ1) is 5.29. The van der Waals surface area contributed by atoms with Gasteiger partial charge in [0.15, 0.2) is 0 Å². The number of Topliss-reactive ketones (excluding diaryl/α,β-unsaturated/α-hetero) is 1. The van der Waals surface area contributed by atoms with Crippen molar-refractivity contribution in [1.29, 1.82) is 0 Å². The maximum Gasteiger partial charge on any atom is 0.129 e. The molecule has 11 heavy (non-hydrogen) atoms. The van der Waals surface area contributed by atoms with Gasteiger partial charge in [0.25, 0.3) is 0 Å². The summed E-state index contributed by atoms with van der Waals surface area (Å²) in [4.78, 5) is 10.6. The second-order valence-electron chi connectivity index (χ2n) is 3.45. The zero-order valence-electron chi connectivity index (χ0n) is 7.23. The van der Waals surface area contributed by atoms with Crippen LogP contribution in [0.5, 0.6) is 0 Å². The van der Waals surface area contributed by atoms with Crippen LogP contribution in [0.25, 0.3) is 0 Å². The molecule has 0 radical (unpaired) electrons. The molecule has 0 amide bonds. The van der Waals surface area contributed by atoms with E-state index < -0.39 is 0 Å². The Kier molecular flexibility index (Phi) is 3.57. The molecule has 1 heterocycles. The number of rotatable bonds is 4. The van der Waals surface area contributed by atoms with E-state index in [-0.39, 0.29) is 0 Å². The van der Waals surface area contributed by atoms with Crippen LogP contribution >= 0.6 is 0 Å². The number of hydrogen-bond acceptors (Lipinski definition) is 2. The van der Waals surface area contributed by atoms with Gasteiger partial charge in [-0.05, 0) is 45.2 Å². The molecule has 0 bridgehead atoms. The van der Waals surface area contributed by atoms with E-state index in [4.69, 9.17) is 0 Å². The van der Waals surface area contributed by atoms with Gasteiger partial charge in [0.1, 0.15) is 5.78 Å². The molecular formula is C9H17NO. The van der Waals surface area contributed by atoms with Gasteiger partial charge in [0.2, 0.25) is 0 Å². The van der Waals surface area contributed by atoms with Crippen LogP contribution in [0.3, 0.4) is 0 Å². The lowest BCUT2D eigenvalue weighted by atomic mass is 10.0. The van der Waals surface area contributed by atoms with E-state index in [2.05, 4.69) is 5.32 Å². The fourth-order valence-corrected chi connectivity index (χ4v) is 1.60. The summed E-state index contributed by atoms with van der Waals surface area (Å²) in [5.41, 5.74) is 0. The molecule has 1 N–H and O–H groups in total. The highest BCUT2D eigenvalue weighted by molar-refractivity contribution is 5.75. The van der Waals surface area contributed by atoms with Crippen LogP contribution in [0.15, 0.2) is 0 Å². The molecule has 1 aliphatic heterocycles. The number of hydrogen-bond donors (Lipinski definition) is 1. The summed E-state index contributed by atoms with van der Waals surface area (Å²) < 4.78 is 0. The van der Waals surface area contributed by atoms with Crippen molar-refractivity contribution in [3.8, 4) is 0 Å². The lowest BCUT2D eigenvalue weighted by Crippen LogP contribution is -2.09. The Morgan fingerprint density at radius 3 is 3.00 bits per heavy atom. The average molecular weight is 155 g/mol. The summed E-state index contributed by atoms with van der Waals surface area (Å²) >= 11 is 0. The van der Waals surface area contributed by atoms with Crippen LogP contribution in [0.4, 0.5) is 0 Å². The zero-order chi connectivity index (χ0) is 8.10. The topological polar surface area (TPSA) is 29.1 Å². The molecule has 2 heteroatoms. The molecule has 0 aromatic heterocycles. The second kappa shape index (κ2) is 4.50. The lowest BCUT2D eigenvalue weighted by molar-refractivity contribution is -0.117. The van der Waals surface area contributed by atoms with Crippen molar-refractivity contribution in [3.05, 3.63) is 0 Å². The molecule has 2 nitrogen and oxygen atoms in total. The highest BCUT2D eigenvalue weighted by Crippen LogP contribution is 2.15. The fourth-order valence-electron chi connectivity index (χ4n) is 1.60. The molecule has 0 spiro atoms. The van der Waals surface area contributed by atoms with E-state index in [1.807, 2.05) is 0 Å². The van der Waals surface area contributed by atoms with E-state index in [1.54, 1.807) is 6.92 Å². The quantitative estimate of drug-likeness (QED) is 0.664. The van der Waals surface area contributed by atoms with E-state index in [0.717, 1.165) is 25.3 Å². The Hall–Kier alpha value is -0.370. The summed E-state index contributed by atoms with van der Waals surface area (Å²) in [7, 11) is 0. The Morgan fingerprint density at radius 2 is 2.45 bits per heavy atom. The predicted octanol–water partition coefficient (Wildman–Crippen LogP) is 1.36. The zero-order valence-corrected chi connectivity index (χ0v) is 7.23. The summed E-state index contributed by atoms with van der Waals surface area (Å²) in [6.45, 7) is 4.01. The van der Waals surface area contributed by atoms with E-state index >= 15 is 0 Å².